The Morgan fingerprint density at radius 1 is 1.03 bits per heavy atom. The van der Waals surface area contributed by atoms with E-state index in [1.54, 1.807) is 19.1 Å². The summed E-state index contributed by atoms with van der Waals surface area (Å²) < 4.78 is 17.1. The fraction of sp³-hybridized carbons (Fsp3) is 0.417. The molecule has 3 saturated heterocycles. The number of nitrogens with zero attached hydrogens (tertiary/aromatic N) is 3. The topological polar surface area (TPSA) is 63.6 Å². The quantitative estimate of drug-likeness (QED) is 0.752. The summed E-state index contributed by atoms with van der Waals surface area (Å²) in [4.78, 5) is 22.3. The van der Waals surface area contributed by atoms with Gasteiger partial charge >= 0.3 is 0 Å². The van der Waals surface area contributed by atoms with Gasteiger partial charge in [0.15, 0.2) is 5.84 Å². The highest BCUT2D eigenvalue weighted by molar-refractivity contribution is 6.08. The van der Waals surface area contributed by atoms with E-state index in [-0.39, 0.29) is 5.91 Å². The number of amidine groups is 1. The Labute approximate surface area is 182 Å². The summed E-state index contributed by atoms with van der Waals surface area (Å²) in [6.07, 6.45) is 3.18. The van der Waals surface area contributed by atoms with Gasteiger partial charge in [-0.05, 0) is 61.4 Å². The molecule has 0 N–H and O–H groups in total. The van der Waals surface area contributed by atoms with Gasteiger partial charge in [0.1, 0.15) is 11.5 Å². The minimum absolute atomic E-state index is 0.0465. The number of amides is 1. The van der Waals surface area contributed by atoms with E-state index in [1.165, 1.54) is 0 Å². The third-order valence-electron chi connectivity index (χ3n) is 6.44. The van der Waals surface area contributed by atoms with Crippen LogP contribution in [0.3, 0.4) is 0 Å². The van der Waals surface area contributed by atoms with Crippen LogP contribution >= 0.6 is 0 Å². The predicted molar refractivity (Wildman–Crippen MR) is 118 cm³/mol. The highest BCUT2D eigenvalue weighted by Crippen LogP contribution is 2.43. The Hall–Kier alpha value is -3.06. The minimum Gasteiger partial charge on any atom is -0.497 e. The second kappa shape index (κ2) is 7.89. The first-order valence-corrected chi connectivity index (χ1v) is 10.8. The fourth-order valence-corrected chi connectivity index (χ4v) is 4.88. The monoisotopic (exact) mass is 421 g/mol. The molecule has 31 heavy (non-hydrogen) atoms. The number of fused-ring (bicyclic) bond motifs is 1. The summed E-state index contributed by atoms with van der Waals surface area (Å²) in [5.74, 6) is 2.41. The van der Waals surface area contributed by atoms with Crippen molar-refractivity contribution in [2.24, 2.45) is 4.99 Å². The zero-order valence-corrected chi connectivity index (χ0v) is 17.9. The number of hydrogen-bond donors (Lipinski definition) is 0. The third kappa shape index (κ3) is 3.33. The van der Waals surface area contributed by atoms with E-state index in [4.69, 9.17) is 19.2 Å². The molecule has 2 aromatic rings. The molecule has 3 fully saturated rings. The SMILES string of the molecule is COc1ccc(N=C2N3CCCC3COC23CCC(=O)N3c2ccc(OC)cc2)cc1. The van der Waals surface area contributed by atoms with E-state index >= 15 is 0 Å². The number of anilines is 1. The van der Waals surface area contributed by atoms with Crippen LogP contribution in [0.1, 0.15) is 25.7 Å². The van der Waals surface area contributed by atoms with Crippen molar-refractivity contribution in [3.8, 4) is 11.5 Å². The maximum absolute atomic E-state index is 13.1. The van der Waals surface area contributed by atoms with Gasteiger partial charge in [0.2, 0.25) is 11.6 Å². The molecule has 2 unspecified atom stereocenters. The molecule has 1 spiro atoms. The van der Waals surface area contributed by atoms with E-state index in [2.05, 4.69) is 4.90 Å². The Morgan fingerprint density at radius 2 is 1.71 bits per heavy atom. The number of carbonyl (C=O) groups is 1. The first kappa shape index (κ1) is 19.9. The molecular weight excluding hydrogens is 394 g/mol. The summed E-state index contributed by atoms with van der Waals surface area (Å²) in [6.45, 7) is 1.52. The van der Waals surface area contributed by atoms with Crippen LogP contribution in [0.2, 0.25) is 0 Å². The number of benzene rings is 2. The van der Waals surface area contributed by atoms with E-state index in [9.17, 15) is 4.79 Å². The van der Waals surface area contributed by atoms with Crippen LogP contribution in [0.4, 0.5) is 11.4 Å². The molecule has 0 radical (unpaired) electrons. The standard InChI is InChI=1S/C24H27N3O4/c1-29-20-9-5-17(6-10-20)25-23-24(31-16-19-4-3-15-26(19)23)14-13-22(28)27(24)18-7-11-21(30-2)12-8-18/h5-12,19H,3-4,13-16H2,1-2H3. The molecule has 2 atom stereocenters. The molecule has 5 rings (SSSR count). The van der Waals surface area contributed by atoms with Crippen molar-refractivity contribution in [2.75, 3.05) is 32.3 Å². The molecule has 7 nitrogen and oxygen atoms in total. The molecule has 2 aromatic carbocycles. The van der Waals surface area contributed by atoms with Crippen molar-refractivity contribution >= 4 is 23.1 Å². The molecule has 0 aliphatic carbocycles. The van der Waals surface area contributed by atoms with Crippen LogP contribution in [-0.2, 0) is 9.53 Å². The summed E-state index contributed by atoms with van der Waals surface area (Å²) >= 11 is 0. The van der Waals surface area contributed by atoms with Crippen molar-refractivity contribution < 1.29 is 19.0 Å². The van der Waals surface area contributed by atoms with Crippen molar-refractivity contribution in [1.82, 2.24) is 4.90 Å². The van der Waals surface area contributed by atoms with Crippen molar-refractivity contribution in [1.29, 1.82) is 0 Å². The maximum atomic E-state index is 13.1. The van der Waals surface area contributed by atoms with E-state index in [0.29, 0.717) is 25.5 Å². The van der Waals surface area contributed by atoms with Crippen molar-refractivity contribution in [3.05, 3.63) is 48.5 Å². The Balaban J connectivity index is 1.60. The average molecular weight is 421 g/mol. The lowest BCUT2D eigenvalue weighted by atomic mass is 10.0. The second-order valence-corrected chi connectivity index (χ2v) is 8.15. The molecule has 162 valence electrons. The van der Waals surface area contributed by atoms with E-state index in [0.717, 1.165) is 48.1 Å². The molecule has 0 saturated carbocycles. The average Bonchev–Trinajstić information content (AvgIpc) is 3.41. The Morgan fingerprint density at radius 3 is 2.39 bits per heavy atom. The van der Waals surface area contributed by atoms with Crippen LogP contribution < -0.4 is 14.4 Å². The van der Waals surface area contributed by atoms with Crippen LogP contribution in [0.25, 0.3) is 0 Å². The Kier molecular flexibility index (Phi) is 5.06. The van der Waals surface area contributed by atoms with Gasteiger partial charge in [0, 0.05) is 25.1 Å². The molecule has 3 aliphatic rings. The summed E-state index contributed by atoms with van der Waals surface area (Å²) in [7, 11) is 3.28. The molecule has 3 aliphatic heterocycles. The van der Waals surface area contributed by atoms with Crippen LogP contribution in [0, 0.1) is 0 Å². The van der Waals surface area contributed by atoms with Gasteiger partial charge in [-0.15, -0.1) is 0 Å². The van der Waals surface area contributed by atoms with Crippen LogP contribution in [-0.4, -0.2) is 55.8 Å². The third-order valence-corrected chi connectivity index (χ3v) is 6.44. The smallest absolute Gasteiger partial charge is 0.229 e. The number of aliphatic imine (C=N–C) groups is 1. The first-order chi connectivity index (χ1) is 15.1. The van der Waals surface area contributed by atoms with Crippen molar-refractivity contribution in [3.63, 3.8) is 0 Å². The molecule has 3 heterocycles. The van der Waals surface area contributed by atoms with Gasteiger partial charge in [-0.1, -0.05) is 0 Å². The lowest BCUT2D eigenvalue weighted by molar-refractivity contribution is -0.119. The van der Waals surface area contributed by atoms with Gasteiger partial charge in [-0.2, -0.15) is 0 Å². The number of rotatable bonds is 4. The highest BCUT2D eigenvalue weighted by Gasteiger charge is 2.57. The number of methoxy groups -OCH3 is 2. The lowest BCUT2D eigenvalue weighted by Crippen LogP contribution is -2.65. The molecule has 0 bridgehead atoms. The number of ether oxygens (including phenoxy) is 3. The number of carbonyl (C=O) groups excluding carboxylic acids is 1. The fourth-order valence-electron chi connectivity index (χ4n) is 4.88. The Bertz CT molecular complexity index is 989. The van der Waals surface area contributed by atoms with Crippen molar-refractivity contribution in [2.45, 2.75) is 37.5 Å². The first-order valence-electron chi connectivity index (χ1n) is 10.8. The maximum Gasteiger partial charge on any atom is 0.229 e. The number of morpholine rings is 1. The van der Waals surface area contributed by atoms with Gasteiger partial charge in [0.25, 0.3) is 0 Å². The van der Waals surface area contributed by atoms with E-state index in [1.807, 2.05) is 48.5 Å². The van der Waals surface area contributed by atoms with Crippen LogP contribution in [0.5, 0.6) is 11.5 Å². The summed E-state index contributed by atoms with van der Waals surface area (Å²) in [6, 6.07) is 15.5. The highest BCUT2D eigenvalue weighted by atomic mass is 16.5. The van der Waals surface area contributed by atoms with Crippen LogP contribution in [0.15, 0.2) is 53.5 Å². The zero-order chi connectivity index (χ0) is 21.4. The van der Waals surface area contributed by atoms with Gasteiger partial charge in [0.05, 0.1) is 32.6 Å². The normalized spacial score (nSPS) is 26.6. The molecule has 7 heteroatoms. The predicted octanol–water partition coefficient (Wildman–Crippen LogP) is 3.75. The minimum atomic E-state index is -0.896. The van der Waals surface area contributed by atoms with Gasteiger partial charge in [-0.25, -0.2) is 4.99 Å². The molecule has 1 amide bonds. The second-order valence-electron chi connectivity index (χ2n) is 8.15. The molecular formula is C24H27N3O4. The lowest BCUT2D eigenvalue weighted by Gasteiger charge is -2.48. The summed E-state index contributed by atoms with van der Waals surface area (Å²) in [5.41, 5.74) is 0.718. The van der Waals surface area contributed by atoms with Gasteiger partial charge < -0.3 is 19.1 Å². The number of hydrogen-bond acceptors (Lipinski definition) is 5. The summed E-state index contributed by atoms with van der Waals surface area (Å²) in [5, 5.41) is 0. The largest absolute Gasteiger partial charge is 0.497 e. The van der Waals surface area contributed by atoms with Gasteiger partial charge in [-0.3, -0.25) is 9.69 Å². The molecule has 0 aromatic heterocycles. The zero-order valence-electron chi connectivity index (χ0n) is 17.9. The van der Waals surface area contributed by atoms with E-state index < -0.39 is 5.72 Å².